The number of carbonyl (C=O) groups excluding carboxylic acids is 2. The second-order valence-electron chi connectivity index (χ2n) is 19.7. The van der Waals surface area contributed by atoms with Crippen LogP contribution in [-0.4, -0.2) is 36.4 Å². The third-order valence-corrected chi connectivity index (χ3v) is 13.1. The third-order valence-electron chi connectivity index (χ3n) is 13.1. The highest BCUT2D eigenvalue weighted by molar-refractivity contribution is 5.70. The van der Waals surface area contributed by atoms with Crippen LogP contribution in [0.3, 0.4) is 0 Å². The van der Waals surface area contributed by atoms with Crippen LogP contribution >= 0.6 is 0 Å². The van der Waals surface area contributed by atoms with E-state index in [1.54, 1.807) is 0 Å². The highest BCUT2D eigenvalue weighted by atomic mass is 16.6. The Balaban J connectivity index is 3.46. The first kappa shape index (κ1) is 64.6. The summed E-state index contributed by atoms with van der Waals surface area (Å²) >= 11 is 0. The molecule has 0 aliphatic carbocycles. The predicted octanol–water partition coefficient (Wildman–Crippen LogP) is 19.8. The summed E-state index contributed by atoms with van der Waals surface area (Å²) in [6.45, 7) is 4.07. The first-order valence-electron chi connectivity index (χ1n) is 29.3. The van der Waals surface area contributed by atoms with E-state index in [1.807, 2.05) is 0 Å². The van der Waals surface area contributed by atoms with E-state index in [-0.39, 0.29) is 25.2 Å². The number of hydrogen-bond donors (Lipinski definition) is 1. The topological polar surface area (TPSA) is 72.8 Å². The highest BCUT2D eigenvalue weighted by Crippen LogP contribution is 2.17. The summed E-state index contributed by atoms with van der Waals surface area (Å²) in [5.41, 5.74) is 0. The van der Waals surface area contributed by atoms with E-state index in [2.05, 4.69) is 74.6 Å². The number of rotatable bonds is 54. The van der Waals surface area contributed by atoms with E-state index in [0.717, 1.165) is 70.6 Å². The number of allylic oxidation sites excluding steroid dienone is 10. The Kier molecular flexibility index (Phi) is 55.8. The maximum absolute atomic E-state index is 12.3. The van der Waals surface area contributed by atoms with Crippen LogP contribution < -0.4 is 0 Å². The Morgan fingerprint density at radius 3 is 0.970 bits per heavy atom. The molecule has 1 unspecified atom stereocenters. The minimum absolute atomic E-state index is 0.0646. The van der Waals surface area contributed by atoms with Gasteiger partial charge in [0.1, 0.15) is 6.61 Å². The molecule has 0 rings (SSSR count). The molecule has 67 heavy (non-hydrogen) atoms. The zero-order valence-corrected chi connectivity index (χ0v) is 44.7. The van der Waals surface area contributed by atoms with Crippen molar-refractivity contribution < 1.29 is 24.2 Å². The summed E-state index contributed by atoms with van der Waals surface area (Å²) in [6, 6.07) is 0. The van der Waals surface area contributed by atoms with Gasteiger partial charge in [0.2, 0.25) is 0 Å². The normalized spacial score (nSPS) is 12.6. The van der Waals surface area contributed by atoms with Gasteiger partial charge >= 0.3 is 11.9 Å². The molecule has 0 saturated heterocycles. The van der Waals surface area contributed by atoms with Crippen LogP contribution in [0.25, 0.3) is 0 Å². The monoisotopic (exact) mass is 937 g/mol. The molecule has 1 N–H and O–H groups in total. The lowest BCUT2D eigenvalue weighted by Gasteiger charge is -2.15. The molecule has 0 saturated carbocycles. The van der Waals surface area contributed by atoms with Gasteiger partial charge in [-0.25, -0.2) is 0 Å². The Morgan fingerprint density at radius 1 is 0.358 bits per heavy atom. The van der Waals surface area contributed by atoms with E-state index in [1.165, 1.54) is 205 Å². The van der Waals surface area contributed by atoms with Gasteiger partial charge in [-0.15, -0.1) is 0 Å². The van der Waals surface area contributed by atoms with E-state index < -0.39 is 6.10 Å². The minimum atomic E-state index is -0.775. The van der Waals surface area contributed by atoms with Crippen molar-refractivity contribution in [1.82, 2.24) is 0 Å². The third kappa shape index (κ3) is 56.1. The van der Waals surface area contributed by atoms with Gasteiger partial charge in [-0.3, -0.25) is 9.59 Å². The molecule has 390 valence electrons. The SMILES string of the molecule is CC/C=C\C/C=C\C/C=C\C/C=C\C/C=C\CCCCCCCCCCCCCC(=O)OC(CO)COC(=O)CCCCCCCCCCCCCCCCCCCCCCCCCCCC. The van der Waals surface area contributed by atoms with Gasteiger partial charge in [0.05, 0.1) is 6.61 Å². The molecule has 5 heteroatoms. The summed E-state index contributed by atoms with van der Waals surface area (Å²) < 4.78 is 10.7. The Hall–Kier alpha value is -2.40. The van der Waals surface area contributed by atoms with Crippen molar-refractivity contribution >= 4 is 11.9 Å². The van der Waals surface area contributed by atoms with E-state index in [9.17, 15) is 14.7 Å². The van der Waals surface area contributed by atoms with Crippen LogP contribution in [0.4, 0.5) is 0 Å². The molecule has 0 aromatic carbocycles. The molecule has 0 heterocycles. The van der Waals surface area contributed by atoms with Gasteiger partial charge in [-0.05, 0) is 57.8 Å². The minimum Gasteiger partial charge on any atom is -0.462 e. The lowest BCUT2D eigenvalue weighted by molar-refractivity contribution is -0.161. The number of ether oxygens (including phenoxy) is 2. The van der Waals surface area contributed by atoms with Crippen molar-refractivity contribution in [2.24, 2.45) is 0 Å². The van der Waals surface area contributed by atoms with Crippen LogP contribution in [0, 0.1) is 0 Å². The molecular formula is C62H112O5. The Labute approximate surface area is 417 Å². The molecule has 0 spiro atoms. The standard InChI is InChI=1S/C62H112O5/c1-3-5-7-9-11-13-15-17-19-21-23-25-27-29-31-33-35-37-39-41-43-45-47-49-51-53-55-57-62(65)67-60(58-63)59-66-61(64)56-54-52-50-48-46-44-42-40-38-36-34-32-30-28-26-24-22-20-18-16-14-12-10-8-6-4-2/h5,7,11,13,17,19,23,25,29,31,60,63H,3-4,6,8-10,12,14-16,18,20-22,24,26-28,30,32-59H2,1-2H3/b7-5-,13-11-,19-17-,25-23-,31-29-. The predicted molar refractivity (Wildman–Crippen MR) is 293 cm³/mol. The average Bonchev–Trinajstić information content (AvgIpc) is 3.33. The van der Waals surface area contributed by atoms with Crippen LogP contribution in [-0.2, 0) is 19.1 Å². The summed E-state index contributed by atoms with van der Waals surface area (Å²) in [5, 5.41) is 9.66. The van der Waals surface area contributed by atoms with Crippen LogP contribution in [0.1, 0.15) is 303 Å². The zero-order valence-electron chi connectivity index (χ0n) is 44.7. The number of carbonyl (C=O) groups is 2. The number of aliphatic hydroxyl groups is 1. The molecular weight excluding hydrogens is 825 g/mol. The van der Waals surface area contributed by atoms with Crippen LogP contribution in [0.2, 0.25) is 0 Å². The number of esters is 2. The van der Waals surface area contributed by atoms with Gasteiger partial charge in [-0.2, -0.15) is 0 Å². The van der Waals surface area contributed by atoms with Crippen molar-refractivity contribution in [3.05, 3.63) is 60.8 Å². The Morgan fingerprint density at radius 2 is 0.642 bits per heavy atom. The van der Waals surface area contributed by atoms with Crippen LogP contribution in [0.15, 0.2) is 60.8 Å². The van der Waals surface area contributed by atoms with Gasteiger partial charge in [0, 0.05) is 12.8 Å². The maximum atomic E-state index is 12.3. The summed E-state index contributed by atoms with van der Waals surface area (Å²) in [7, 11) is 0. The molecule has 0 aliphatic rings. The highest BCUT2D eigenvalue weighted by Gasteiger charge is 2.16. The van der Waals surface area contributed by atoms with E-state index in [0.29, 0.717) is 12.8 Å². The van der Waals surface area contributed by atoms with Gasteiger partial charge in [0.15, 0.2) is 6.10 Å². The Bertz CT molecular complexity index is 1150. The van der Waals surface area contributed by atoms with Crippen molar-refractivity contribution in [3.8, 4) is 0 Å². The zero-order chi connectivity index (χ0) is 48.5. The number of aliphatic hydroxyl groups excluding tert-OH is 1. The maximum Gasteiger partial charge on any atom is 0.306 e. The second kappa shape index (κ2) is 57.9. The summed E-state index contributed by atoms with van der Waals surface area (Å²) in [6.07, 6.45) is 77.7. The second-order valence-corrected chi connectivity index (χ2v) is 19.7. The summed E-state index contributed by atoms with van der Waals surface area (Å²) in [4.78, 5) is 24.6. The molecule has 0 aliphatic heterocycles. The van der Waals surface area contributed by atoms with Crippen LogP contribution in [0.5, 0.6) is 0 Å². The van der Waals surface area contributed by atoms with Gasteiger partial charge in [-0.1, -0.05) is 293 Å². The fourth-order valence-corrected chi connectivity index (χ4v) is 8.70. The lowest BCUT2D eigenvalue weighted by atomic mass is 10.0. The smallest absolute Gasteiger partial charge is 0.306 e. The molecule has 1 atom stereocenters. The van der Waals surface area contributed by atoms with Crippen molar-refractivity contribution in [2.75, 3.05) is 13.2 Å². The van der Waals surface area contributed by atoms with Crippen molar-refractivity contribution in [3.63, 3.8) is 0 Å². The number of unbranched alkanes of at least 4 members (excludes halogenated alkanes) is 36. The first-order chi connectivity index (χ1) is 33.1. The van der Waals surface area contributed by atoms with Gasteiger partial charge < -0.3 is 14.6 Å². The average molecular weight is 938 g/mol. The van der Waals surface area contributed by atoms with Crippen molar-refractivity contribution in [2.45, 2.75) is 309 Å². The molecule has 0 radical (unpaired) electrons. The molecule has 0 amide bonds. The molecule has 0 aromatic heterocycles. The first-order valence-corrected chi connectivity index (χ1v) is 29.3. The lowest BCUT2D eigenvalue weighted by Crippen LogP contribution is -2.28. The fourth-order valence-electron chi connectivity index (χ4n) is 8.70. The largest absolute Gasteiger partial charge is 0.462 e. The molecule has 0 fully saturated rings. The molecule has 0 aromatic rings. The number of hydrogen-bond acceptors (Lipinski definition) is 5. The van der Waals surface area contributed by atoms with E-state index in [4.69, 9.17) is 9.47 Å². The van der Waals surface area contributed by atoms with Crippen molar-refractivity contribution in [1.29, 1.82) is 0 Å². The fraction of sp³-hybridized carbons (Fsp3) is 0.806. The van der Waals surface area contributed by atoms with E-state index >= 15 is 0 Å². The molecule has 5 nitrogen and oxygen atoms in total. The van der Waals surface area contributed by atoms with Gasteiger partial charge in [0.25, 0.3) is 0 Å². The summed E-state index contributed by atoms with van der Waals surface area (Å²) in [5.74, 6) is -0.581. The molecule has 0 bridgehead atoms. The quantitative estimate of drug-likeness (QED) is 0.0374.